The van der Waals surface area contributed by atoms with Gasteiger partial charge in [0.25, 0.3) is 0 Å². The minimum Gasteiger partial charge on any atom is -0.309 e. The average molecular weight is 247 g/mol. The number of rotatable bonds is 6. The zero-order chi connectivity index (χ0) is 12.6. The highest BCUT2D eigenvalue weighted by atomic mass is 14.9. The van der Waals surface area contributed by atoms with E-state index in [1.807, 2.05) is 6.20 Å². The molecule has 3 heteroatoms. The Kier molecular flexibility index (Phi) is 5.59. The van der Waals surface area contributed by atoms with Gasteiger partial charge in [0.15, 0.2) is 0 Å². The van der Waals surface area contributed by atoms with E-state index in [-0.39, 0.29) is 0 Å². The minimum atomic E-state index is 0.391. The molecule has 0 bridgehead atoms. The van der Waals surface area contributed by atoms with Crippen LogP contribution >= 0.6 is 0 Å². The van der Waals surface area contributed by atoms with E-state index in [4.69, 9.17) is 0 Å². The number of hydrogen-bond acceptors (Lipinski definition) is 3. The molecule has 0 aliphatic heterocycles. The van der Waals surface area contributed by atoms with Gasteiger partial charge in [-0.2, -0.15) is 0 Å². The molecule has 1 N–H and O–H groups in total. The van der Waals surface area contributed by atoms with Gasteiger partial charge in [-0.1, -0.05) is 39.0 Å². The fraction of sp³-hybridized carbons (Fsp3) is 0.733. The van der Waals surface area contributed by atoms with Gasteiger partial charge >= 0.3 is 0 Å². The summed E-state index contributed by atoms with van der Waals surface area (Å²) >= 11 is 0. The maximum absolute atomic E-state index is 4.47. The molecule has 1 aliphatic carbocycles. The molecular weight excluding hydrogens is 222 g/mol. The van der Waals surface area contributed by atoms with Gasteiger partial charge in [0, 0.05) is 18.6 Å². The molecule has 0 saturated heterocycles. The summed E-state index contributed by atoms with van der Waals surface area (Å²) in [5.74, 6) is 0.870. The quantitative estimate of drug-likeness (QED) is 0.836. The first-order valence-corrected chi connectivity index (χ1v) is 7.39. The van der Waals surface area contributed by atoms with Crippen molar-refractivity contribution in [3.63, 3.8) is 0 Å². The first kappa shape index (κ1) is 13.5. The van der Waals surface area contributed by atoms with Crippen LogP contribution in [-0.4, -0.2) is 16.5 Å². The summed E-state index contributed by atoms with van der Waals surface area (Å²) in [5.41, 5.74) is 1.11. The predicted octanol–water partition coefficient (Wildman–Crippen LogP) is 3.49. The Bertz CT molecular complexity index is 320. The van der Waals surface area contributed by atoms with Gasteiger partial charge in [0.1, 0.15) is 0 Å². The van der Waals surface area contributed by atoms with E-state index in [0.29, 0.717) is 6.04 Å². The zero-order valence-corrected chi connectivity index (χ0v) is 11.4. The van der Waals surface area contributed by atoms with Crippen LogP contribution in [0.1, 0.15) is 63.6 Å². The van der Waals surface area contributed by atoms with E-state index in [2.05, 4.69) is 22.2 Å². The largest absolute Gasteiger partial charge is 0.309 e. The molecule has 0 aromatic carbocycles. The van der Waals surface area contributed by atoms with Crippen LogP contribution in [0.2, 0.25) is 0 Å². The van der Waals surface area contributed by atoms with Crippen molar-refractivity contribution in [1.82, 2.24) is 15.3 Å². The van der Waals surface area contributed by atoms with E-state index in [1.165, 1.54) is 44.9 Å². The molecule has 18 heavy (non-hydrogen) atoms. The van der Waals surface area contributed by atoms with Crippen molar-refractivity contribution < 1.29 is 0 Å². The average Bonchev–Trinajstić information content (AvgIpc) is 2.45. The molecule has 0 amide bonds. The Hall–Kier alpha value is -0.960. The van der Waals surface area contributed by atoms with Crippen LogP contribution in [0.4, 0.5) is 0 Å². The van der Waals surface area contributed by atoms with Crippen molar-refractivity contribution in [3.8, 4) is 0 Å². The van der Waals surface area contributed by atoms with E-state index < -0.39 is 0 Å². The second-order valence-corrected chi connectivity index (χ2v) is 5.38. The normalized spacial score (nSPS) is 18.7. The van der Waals surface area contributed by atoms with E-state index >= 15 is 0 Å². The zero-order valence-electron chi connectivity index (χ0n) is 11.4. The van der Waals surface area contributed by atoms with Gasteiger partial charge in [-0.15, -0.1) is 0 Å². The molecule has 2 rings (SSSR count). The molecule has 1 aromatic heterocycles. The molecule has 1 atom stereocenters. The second kappa shape index (κ2) is 7.47. The van der Waals surface area contributed by atoms with Gasteiger partial charge in [0.2, 0.25) is 0 Å². The van der Waals surface area contributed by atoms with Gasteiger partial charge in [0.05, 0.1) is 11.7 Å². The number of aromatic nitrogens is 2. The highest BCUT2D eigenvalue weighted by molar-refractivity contribution is 5.02. The molecule has 1 fully saturated rings. The lowest BCUT2D eigenvalue weighted by Crippen LogP contribution is -2.26. The number of nitrogens with one attached hydrogen (secondary N) is 1. The number of hydrogen-bond donors (Lipinski definition) is 1. The summed E-state index contributed by atoms with van der Waals surface area (Å²) in [6.45, 7) is 3.27. The summed E-state index contributed by atoms with van der Waals surface area (Å²) < 4.78 is 0. The Morgan fingerprint density at radius 2 is 2.11 bits per heavy atom. The predicted molar refractivity (Wildman–Crippen MR) is 74.3 cm³/mol. The van der Waals surface area contributed by atoms with Crippen LogP contribution in [0, 0.1) is 5.92 Å². The summed E-state index contributed by atoms with van der Waals surface area (Å²) in [6.07, 6.45) is 14.9. The Balaban J connectivity index is 1.95. The van der Waals surface area contributed by atoms with E-state index in [1.54, 1.807) is 12.4 Å². The molecule has 1 heterocycles. The molecule has 1 saturated carbocycles. The molecular formula is C15H25N3. The van der Waals surface area contributed by atoms with Gasteiger partial charge in [-0.05, 0) is 25.3 Å². The third-order valence-corrected chi connectivity index (χ3v) is 3.87. The monoisotopic (exact) mass is 247 g/mol. The van der Waals surface area contributed by atoms with Gasteiger partial charge < -0.3 is 5.32 Å². The highest BCUT2D eigenvalue weighted by Crippen LogP contribution is 2.31. The second-order valence-electron chi connectivity index (χ2n) is 5.38. The topological polar surface area (TPSA) is 37.8 Å². The summed E-state index contributed by atoms with van der Waals surface area (Å²) in [5, 5.41) is 3.63. The Morgan fingerprint density at radius 3 is 2.78 bits per heavy atom. The molecule has 0 spiro atoms. The fourth-order valence-electron chi connectivity index (χ4n) is 2.87. The van der Waals surface area contributed by atoms with E-state index in [0.717, 1.165) is 18.2 Å². The standard InChI is InChI=1S/C15H25N3/c1-2-8-17-14(15-12-16-9-10-18-15)11-13-6-4-3-5-7-13/h9-10,12-14,17H,2-8,11H2,1H3. The van der Waals surface area contributed by atoms with Crippen LogP contribution in [-0.2, 0) is 0 Å². The third-order valence-electron chi connectivity index (χ3n) is 3.87. The van der Waals surface area contributed by atoms with Crippen molar-refractivity contribution >= 4 is 0 Å². The first-order valence-electron chi connectivity index (χ1n) is 7.39. The summed E-state index contributed by atoms with van der Waals surface area (Å²) in [7, 11) is 0. The van der Waals surface area contributed by atoms with Crippen molar-refractivity contribution in [2.24, 2.45) is 5.92 Å². The lowest BCUT2D eigenvalue weighted by atomic mass is 9.84. The smallest absolute Gasteiger partial charge is 0.0756 e. The van der Waals surface area contributed by atoms with Crippen molar-refractivity contribution in [2.45, 2.75) is 57.9 Å². The van der Waals surface area contributed by atoms with E-state index in [9.17, 15) is 0 Å². The lowest BCUT2D eigenvalue weighted by Gasteiger charge is -2.26. The summed E-state index contributed by atoms with van der Waals surface area (Å²) in [6, 6.07) is 0.391. The van der Waals surface area contributed by atoms with Gasteiger partial charge in [-0.25, -0.2) is 0 Å². The van der Waals surface area contributed by atoms with Crippen molar-refractivity contribution in [2.75, 3.05) is 6.54 Å². The third kappa shape index (κ3) is 4.05. The van der Waals surface area contributed by atoms with Crippen LogP contribution in [0.5, 0.6) is 0 Å². The molecule has 1 aromatic rings. The lowest BCUT2D eigenvalue weighted by molar-refractivity contribution is 0.297. The Morgan fingerprint density at radius 1 is 1.28 bits per heavy atom. The number of nitrogens with zero attached hydrogens (tertiary/aromatic N) is 2. The molecule has 1 unspecified atom stereocenters. The van der Waals surface area contributed by atoms with Crippen LogP contribution in [0.25, 0.3) is 0 Å². The van der Waals surface area contributed by atoms with Crippen molar-refractivity contribution in [1.29, 1.82) is 0 Å². The van der Waals surface area contributed by atoms with Crippen LogP contribution < -0.4 is 5.32 Å². The SMILES string of the molecule is CCCNC(CC1CCCCC1)c1cnccn1. The Labute approximate surface area is 110 Å². The van der Waals surface area contributed by atoms with Crippen molar-refractivity contribution in [3.05, 3.63) is 24.3 Å². The molecule has 1 aliphatic rings. The maximum atomic E-state index is 4.47. The minimum absolute atomic E-state index is 0.391. The van der Waals surface area contributed by atoms with Crippen LogP contribution in [0.15, 0.2) is 18.6 Å². The molecule has 3 nitrogen and oxygen atoms in total. The first-order chi connectivity index (χ1) is 8.90. The molecule has 100 valence electrons. The highest BCUT2D eigenvalue weighted by Gasteiger charge is 2.20. The summed E-state index contributed by atoms with van der Waals surface area (Å²) in [4.78, 5) is 8.68. The fourth-order valence-corrected chi connectivity index (χ4v) is 2.87. The van der Waals surface area contributed by atoms with Gasteiger partial charge in [-0.3, -0.25) is 9.97 Å². The molecule has 0 radical (unpaired) electrons. The maximum Gasteiger partial charge on any atom is 0.0756 e. The van der Waals surface area contributed by atoms with Crippen LogP contribution in [0.3, 0.4) is 0 Å².